The van der Waals surface area contributed by atoms with Gasteiger partial charge < -0.3 is 15.4 Å². The molecule has 1 aromatic heterocycles. The largest absolute Gasteiger partial charge is 0.465 e. The molecule has 0 saturated carbocycles. The van der Waals surface area contributed by atoms with E-state index < -0.39 is 0 Å². The Morgan fingerprint density at radius 1 is 1.31 bits per heavy atom. The van der Waals surface area contributed by atoms with E-state index in [-0.39, 0.29) is 5.97 Å². The summed E-state index contributed by atoms with van der Waals surface area (Å²) >= 11 is 7.12. The zero-order valence-electron chi connectivity index (χ0n) is 15.6. The summed E-state index contributed by atoms with van der Waals surface area (Å²) in [7, 11) is 1.42. The number of methoxy groups -OCH3 is 1. The van der Waals surface area contributed by atoms with Crippen molar-refractivity contribution >= 4 is 45.3 Å². The maximum absolute atomic E-state index is 12.4. The summed E-state index contributed by atoms with van der Waals surface area (Å²) in [5.74, 6) is 0.341. The zero-order chi connectivity index (χ0) is 18.8. The molecular formula is C20H24N2O2S2. The van der Waals surface area contributed by atoms with Gasteiger partial charge >= 0.3 is 5.97 Å². The van der Waals surface area contributed by atoms with Gasteiger partial charge in [0.2, 0.25) is 0 Å². The minimum Gasteiger partial charge on any atom is -0.465 e. The molecule has 1 heterocycles. The molecule has 4 nitrogen and oxygen atoms in total. The van der Waals surface area contributed by atoms with Crippen LogP contribution in [0.3, 0.4) is 0 Å². The Morgan fingerprint density at radius 2 is 2.08 bits per heavy atom. The number of hydrogen-bond acceptors (Lipinski definition) is 4. The second-order valence-corrected chi connectivity index (χ2v) is 8.46. The average Bonchev–Trinajstić information content (AvgIpc) is 2.94. The van der Waals surface area contributed by atoms with E-state index in [1.165, 1.54) is 12.0 Å². The van der Waals surface area contributed by atoms with E-state index in [9.17, 15) is 4.79 Å². The van der Waals surface area contributed by atoms with Crippen LogP contribution in [0.5, 0.6) is 0 Å². The number of esters is 1. The summed E-state index contributed by atoms with van der Waals surface area (Å²) < 4.78 is 5.03. The maximum Gasteiger partial charge on any atom is 0.341 e. The van der Waals surface area contributed by atoms with Gasteiger partial charge in [-0.25, -0.2) is 4.79 Å². The van der Waals surface area contributed by atoms with Gasteiger partial charge in [0.15, 0.2) is 5.11 Å². The van der Waals surface area contributed by atoms with E-state index in [1.807, 2.05) is 13.8 Å². The summed E-state index contributed by atoms with van der Waals surface area (Å²) in [6.07, 6.45) is 3.01. The Morgan fingerprint density at radius 3 is 2.81 bits per heavy atom. The third-order valence-corrected chi connectivity index (χ3v) is 6.14. The summed E-state index contributed by atoms with van der Waals surface area (Å²) in [5, 5.41) is 7.74. The van der Waals surface area contributed by atoms with Gasteiger partial charge in [0.25, 0.3) is 0 Å². The summed E-state index contributed by atoms with van der Waals surface area (Å²) in [6, 6.07) is 6.19. The maximum atomic E-state index is 12.4. The van der Waals surface area contributed by atoms with Crippen LogP contribution in [0.4, 0.5) is 10.7 Å². The number of nitrogens with one attached hydrogen (secondary N) is 2. The molecule has 0 spiro atoms. The van der Waals surface area contributed by atoms with Crippen LogP contribution in [0.25, 0.3) is 0 Å². The van der Waals surface area contributed by atoms with Crippen LogP contribution in [0.1, 0.15) is 45.3 Å². The number of benzene rings is 1. The highest BCUT2D eigenvalue weighted by molar-refractivity contribution is 7.80. The van der Waals surface area contributed by atoms with Crippen molar-refractivity contribution in [2.24, 2.45) is 5.92 Å². The summed E-state index contributed by atoms with van der Waals surface area (Å²) in [4.78, 5) is 13.6. The normalized spacial score (nSPS) is 15.9. The fourth-order valence-corrected chi connectivity index (χ4v) is 4.96. The number of hydrogen-bond donors (Lipinski definition) is 2. The molecule has 2 aromatic rings. The first kappa shape index (κ1) is 18.9. The molecule has 0 bridgehead atoms. The number of fused-ring (bicyclic) bond motifs is 1. The van der Waals surface area contributed by atoms with Crippen molar-refractivity contribution < 1.29 is 9.53 Å². The molecule has 0 amide bonds. The van der Waals surface area contributed by atoms with Crippen molar-refractivity contribution in [1.29, 1.82) is 0 Å². The van der Waals surface area contributed by atoms with Crippen LogP contribution in [-0.4, -0.2) is 18.2 Å². The summed E-state index contributed by atoms with van der Waals surface area (Å²) in [5.41, 5.74) is 5.02. The first-order valence-corrected chi connectivity index (χ1v) is 9.99. The molecule has 3 rings (SSSR count). The van der Waals surface area contributed by atoms with Crippen LogP contribution in [-0.2, 0) is 17.6 Å². The predicted octanol–water partition coefficient (Wildman–Crippen LogP) is 5.09. The number of ether oxygens (including phenoxy) is 1. The fourth-order valence-electron chi connectivity index (χ4n) is 3.28. The molecule has 1 atom stereocenters. The van der Waals surface area contributed by atoms with Gasteiger partial charge in [-0.05, 0) is 74.0 Å². The average molecular weight is 389 g/mol. The summed E-state index contributed by atoms with van der Waals surface area (Å²) in [6.45, 7) is 6.33. The quantitative estimate of drug-likeness (QED) is 0.567. The first-order valence-electron chi connectivity index (χ1n) is 8.77. The molecule has 1 unspecified atom stereocenters. The van der Waals surface area contributed by atoms with E-state index >= 15 is 0 Å². The molecule has 1 aromatic carbocycles. The molecule has 6 heteroatoms. The highest BCUT2D eigenvalue weighted by Gasteiger charge is 2.28. The highest BCUT2D eigenvalue weighted by atomic mass is 32.1. The standard InChI is InChI=1S/C20H24N2O2S2/c1-11-5-7-13(3)15(9-11)21-20(25)22-18-17(19(23)24-4)14-8-6-12(2)10-16(14)26-18/h5,7,9,12H,6,8,10H2,1-4H3,(H2,21,22,25). The Labute approximate surface area is 164 Å². The van der Waals surface area contributed by atoms with Crippen molar-refractivity contribution in [1.82, 2.24) is 0 Å². The molecule has 1 aliphatic carbocycles. The number of rotatable bonds is 3. The number of thiocarbonyl (C=S) groups is 1. The van der Waals surface area contributed by atoms with Crippen molar-refractivity contribution in [3.63, 3.8) is 0 Å². The van der Waals surface area contributed by atoms with E-state index in [2.05, 4.69) is 35.8 Å². The second-order valence-electron chi connectivity index (χ2n) is 6.94. The van der Waals surface area contributed by atoms with Crippen molar-refractivity contribution in [3.05, 3.63) is 45.3 Å². The number of thiophene rings is 1. The lowest BCUT2D eigenvalue weighted by Crippen LogP contribution is -2.21. The number of anilines is 2. The molecule has 0 saturated heterocycles. The van der Waals surface area contributed by atoms with Gasteiger partial charge in [-0.3, -0.25) is 0 Å². The Bertz CT molecular complexity index is 858. The molecule has 0 aliphatic heterocycles. The minimum absolute atomic E-state index is 0.297. The molecule has 0 radical (unpaired) electrons. The van der Waals surface area contributed by atoms with Crippen LogP contribution in [0.15, 0.2) is 18.2 Å². The molecular weight excluding hydrogens is 364 g/mol. The lowest BCUT2D eigenvalue weighted by Gasteiger charge is -2.18. The second kappa shape index (κ2) is 7.76. The topological polar surface area (TPSA) is 50.4 Å². The van der Waals surface area contributed by atoms with E-state index in [1.54, 1.807) is 11.3 Å². The van der Waals surface area contributed by atoms with Gasteiger partial charge in [-0.2, -0.15) is 0 Å². The number of carbonyl (C=O) groups is 1. The van der Waals surface area contributed by atoms with Gasteiger partial charge in [-0.15, -0.1) is 11.3 Å². The SMILES string of the molecule is COC(=O)c1c(NC(=S)Nc2cc(C)ccc2C)sc2c1CCC(C)C2. The first-order chi connectivity index (χ1) is 12.4. The van der Waals surface area contributed by atoms with E-state index in [4.69, 9.17) is 17.0 Å². The van der Waals surface area contributed by atoms with Gasteiger partial charge in [0.1, 0.15) is 5.00 Å². The smallest absolute Gasteiger partial charge is 0.341 e. The monoisotopic (exact) mass is 388 g/mol. The molecule has 0 fully saturated rings. The van der Waals surface area contributed by atoms with Gasteiger partial charge in [0.05, 0.1) is 12.7 Å². The van der Waals surface area contributed by atoms with E-state index in [0.717, 1.165) is 46.6 Å². The third-order valence-electron chi connectivity index (χ3n) is 4.77. The highest BCUT2D eigenvalue weighted by Crippen LogP contribution is 2.40. The Hall–Kier alpha value is -1.92. The van der Waals surface area contributed by atoms with Crippen LogP contribution in [0, 0.1) is 19.8 Å². The van der Waals surface area contributed by atoms with Crippen LogP contribution < -0.4 is 10.6 Å². The Kier molecular flexibility index (Phi) is 5.63. The third kappa shape index (κ3) is 3.91. The predicted molar refractivity (Wildman–Crippen MR) is 113 cm³/mol. The molecule has 26 heavy (non-hydrogen) atoms. The van der Waals surface area contributed by atoms with Gasteiger partial charge in [0, 0.05) is 10.6 Å². The fraction of sp³-hybridized carbons (Fsp3) is 0.400. The molecule has 1 aliphatic rings. The number of carbonyl (C=O) groups excluding carboxylic acids is 1. The van der Waals surface area contributed by atoms with Crippen molar-refractivity contribution in [2.45, 2.75) is 40.0 Å². The van der Waals surface area contributed by atoms with Crippen molar-refractivity contribution in [2.75, 3.05) is 17.7 Å². The zero-order valence-corrected chi connectivity index (χ0v) is 17.2. The van der Waals surface area contributed by atoms with Crippen LogP contribution >= 0.6 is 23.6 Å². The lowest BCUT2D eigenvalue weighted by molar-refractivity contribution is 0.0601. The van der Waals surface area contributed by atoms with E-state index in [0.29, 0.717) is 16.6 Å². The lowest BCUT2D eigenvalue weighted by atomic mass is 9.88. The molecule has 2 N–H and O–H groups in total. The van der Waals surface area contributed by atoms with Crippen molar-refractivity contribution in [3.8, 4) is 0 Å². The van der Waals surface area contributed by atoms with Crippen LogP contribution in [0.2, 0.25) is 0 Å². The Balaban J connectivity index is 1.86. The van der Waals surface area contributed by atoms with Gasteiger partial charge in [-0.1, -0.05) is 19.1 Å². The minimum atomic E-state index is -0.297. The molecule has 138 valence electrons. The number of aryl methyl sites for hydroxylation is 2.